The molecule has 0 atom stereocenters. The van der Waals surface area contributed by atoms with E-state index in [9.17, 15) is 4.79 Å². The zero-order valence-electron chi connectivity index (χ0n) is 7.34. The number of nitrogens with one attached hydrogen (secondary N) is 2. The molecule has 0 aromatic carbocycles. The Hall–Kier alpha value is -1.43. The van der Waals surface area contributed by atoms with Crippen LogP contribution >= 0.6 is 15.9 Å². The van der Waals surface area contributed by atoms with Gasteiger partial charge in [-0.15, -0.1) is 0 Å². The van der Waals surface area contributed by atoms with Crippen molar-refractivity contribution in [1.82, 2.24) is 15.2 Å². The van der Waals surface area contributed by atoms with Crippen LogP contribution in [-0.2, 0) is 4.79 Å². The monoisotopic (exact) mass is 254 g/mol. The number of anilines is 1. The fourth-order valence-corrected chi connectivity index (χ4v) is 1.48. The first kappa shape index (κ1) is 9.14. The molecule has 0 aliphatic heterocycles. The molecular formula is C8H7BrN4O. The normalized spacial score (nSPS) is 10.4. The van der Waals surface area contributed by atoms with Gasteiger partial charge >= 0.3 is 0 Å². The second-order valence-electron chi connectivity index (χ2n) is 2.80. The standard InChI is InChI=1S/C8H7BrN4O/c1-4(14)11-8-6-2-5(9)3-10-7(6)12-13-8/h2-3H,1H3,(H2,10,11,12,13,14). The lowest BCUT2D eigenvalue weighted by Gasteiger charge is -1.97. The Morgan fingerprint density at radius 3 is 3.14 bits per heavy atom. The number of carbonyl (C=O) groups excluding carboxylic acids is 1. The maximum absolute atomic E-state index is 10.8. The van der Waals surface area contributed by atoms with Gasteiger partial charge in [0.2, 0.25) is 5.91 Å². The van der Waals surface area contributed by atoms with Crippen molar-refractivity contribution in [2.75, 3.05) is 5.32 Å². The van der Waals surface area contributed by atoms with Crippen LogP contribution in [-0.4, -0.2) is 21.1 Å². The van der Waals surface area contributed by atoms with Crippen molar-refractivity contribution in [2.45, 2.75) is 6.92 Å². The van der Waals surface area contributed by atoms with E-state index in [1.165, 1.54) is 6.92 Å². The summed E-state index contributed by atoms with van der Waals surface area (Å²) in [7, 11) is 0. The van der Waals surface area contributed by atoms with Gasteiger partial charge in [0.05, 0.1) is 5.39 Å². The molecule has 0 saturated heterocycles. The molecular weight excluding hydrogens is 248 g/mol. The molecule has 0 saturated carbocycles. The summed E-state index contributed by atoms with van der Waals surface area (Å²) >= 11 is 3.30. The Bertz CT molecular complexity index is 493. The van der Waals surface area contributed by atoms with Crippen LogP contribution in [0.4, 0.5) is 5.82 Å². The minimum atomic E-state index is -0.143. The highest BCUT2D eigenvalue weighted by Crippen LogP contribution is 2.21. The summed E-state index contributed by atoms with van der Waals surface area (Å²) < 4.78 is 0.845. The number of carbonyl (C=O) groups is 1. The molecule has 2 aromatic rings. The third-order valence-electron chi connectivity index (χ3n) is 1.68. The molecule has 0 aliphatic rings. The summed E-state index contributed by atoms with van der Waals surface area (Å²) in [5.74, 6) is 0.428. The van der Waals surface area contributed by atoms with E-state index in [0.717, 1.165) is 9.86 Å². The highest BCUT2D eigenvalue weighted by Gasteiger charge is 2.07. The van der Waals surface area contributed by atoms with Crippen molar-refractivity contribution < 1.29 is 4.79 Å². The first-order valence-electron chi connectivity index (χ1n) is 3.94. The Kier molecular flexibility index (Phi) is 2.20. The topological polar surface area (TPSA) is 70.7 Å². The third-order valence-corrected chi connectivity index (χ3v) is 2.11. The number of rotatable bonds is 1. The van der Waals surface area contributed by atoms with E-state index in [0.29, 0.717) is 11.5 Å². The average Bonchev–Trinajstić information content (AvgIpc) is 2.47. The lowest BCUT2D eigenvalue weighted by atomic mass is 10.3. The summed E-state index contributed by atoms with van der Waals surface area (Å²) in [5.41, 5.74) is 0.581. The molecule has 0 radical (unpaired) electrons. The molecule has 14 heavy (non-hydrogen) atoms. The van der Waals surface area contributed by atoms with Crippen molar-refractivity contribution >= 4 is 38.7 Å². The molecule has 5 nitrogen and oxygen atoms in total. The van der Waals surface area contributed by atoms with Gasteiger partial charge in [0.15, 0.2) is 5.65 Å². The largest absolute Gasteiger partial charge is 0.311 e. The summed E-state index contributed by atoms with van der Waals surface area (Å²) in [6, 6.07) is 1.84. The van der Waals surface area contributed by atoms with Crippen molar-refractivity contribution in [3.05, 3.63) is 16.7 Å². The van der Waals surface area contributed by atoms with Gasteiger partial charge in [-0.3, -0.25) is 9.89 Å². The number of pyridine rings is 1. The van der Waals surface area contributed by atoms with E-state index in [4.69, 9.17) is 0 Å². The number of amides is 1. The molecule has 72 valence electrons. The second-order valence-corrected chi connectivity index (χ2v) is 3.72. The molecule has 0 bridgehead atoms. The van der Waals surface area contributed by atoms with E-state index < -0.39 is 0 Å². The van der Waals surface area contributed by atoms with Crippen LogP contribution < -0.4 is 5.32 Å². The van der Waals surface area contributed by atoms with Gasteiger partial charge in [0.1, 0.15) is 5.82 Å². The van der Waals surface area contributed by atoms with Crippen LogP contribution in [0.5, 0.6) is 0 Å². The molecule has 6 heteroatoms. The van der Waals surface area contributed by atoms with Gasteiger partial charge < -0.3 is 5.32 Å². The smallest absolute Gasteiger partial charge is 0.222 e. The fourth-order valence-electron chi connectivity index (χ4n) is 1.15. The predicted molar refractivity (Wildman–Crippen MR) is 55.9 cm³/mol. The maximum Gasteiger partial charge on any atom is 0.222 e. The average molecular weight is 255 g/mol. The van der Waals surface area contributed by atoms with E-state index in [1.54, 1.807) is 6.20 Å². The molecule has 2 heterocycles. The number of hydrogen-bond donors (Lipinski definition) is 2. The number of aromatic amines is 1. The van der Waals surface area contributed by atoms with Crippen LogP contribution in [0.3, 0.4) is 0 Å². The lowest BCUT2D eigenvalue weighted by Crippen LogP contribution is -2.06. The van der Waals surface area contributed by atoms with Crippen LogP contribution in [0.15, 0.2) is 16.7 Å². The minimum absolute atomic E-state index is 0.143. The molecule has 0 aliphatic carbocycles. The Morgan fingerprint density at radius 2 is 2.43 bits per heavy atom. The SMILES string of the molecule is CC(=O)Nc1[nH]nc2ncc(Br)cc12. The summed E-state index contributed by atoms with van der Waals surface area (Å²) in [4.78, 5) is 14.9. The van der Waals surface area contributed by atoms with Crippen LogP contribution in [0, 0.1) is 0 Å². The Labute approximate surface area is 88.0 Å². The third kappa shape index (κ3) is 1.60. The van der Waals surface area contributed by atoms with Crippen LogP contribution in [0.1, 0.15) is 6.92 Å². The van der Waals surface area contributed by atoms with Gasteiger partial charge in [-0.05, 0) is 22.0 Å². The van der Waals surface area contributed by atoms with Gasteiger partial charge in [0.25, 0.3) is 0 Å². The highest BCUT2D eigenvalue weighted by atomic mass is 79.9. The summed E-state index contributed by atoms with van der Waals surface area (Å²) in [6.07, 6.45) is 1.65. The lowest BCUT2D eigenvalue weighted by molar-refractivity contribution is -0.114. The summed E-state index contributed by atoms with van der Waals surface area (Å²) in [5, 5.41) is 10.1. The molecule has 2 rings (SSSR count). The van der Waals surface area contributed by atoms with Crippen LogP contribution in [0.2, 0.25) is 0 Å². The van der Waals surface area contributed by atoms with Crippen LogP contribution in [0.25, 0.3) is 11.0 Å². The Balaban J connectivity index is 2.55. The first-order valence-corrected chi connectivity index (χ1v) is 4.73. The van der Waals surface area contributed by atoms with E-state index in [1.807, 2.05) is 6.07 Å². The minimum Gasteiger partial charge on any atom is -0.311 e. The first-order chi connectivity index (χ1) is 6.66. The van der Waals surface area contributed by atoms with E-state index >= 15 is 0 Å². The maximum atomic E-state index is 10.8. The zero-order chi connectivity index (χ0) is 10.1. The molecule has 0 unspecified atom stereocenters. The molecule has 0 fully saturated rings. The predicted octanol–water partition coefficient (Wildman–Crippen LogP) is 1.68. The molecule has 2 aromatic heterocycles. The Morgan fingerprint density at radius 1 is 1.64 bits per heavy atom. The number of nitrogens with zero attached hydrogens (tertiary/aromatic N) is 2. The second kappa shape index (κ2) is 3.38. The zero-order valence-corrected chi connectivity index (χ0v) is 8.92. The van der Waals surface area contributed by atoms with Crippen molar-refractivity contribution in [2.24, 2.45) is 0 Å². The molecule has 0 spiro atoms. The van der Waals surface area contributed by atoms with Crippen molar-refractivity contribution in [1.29, 1.82) is 0 Å². The van der Waals surface area contributed by atoms with Crippen molar-refractivity contribution in [3.8, 4) is 0 Å². The highest BCUT2D eigenvalue weighted by molar-refractivity contribution is 9.10. The van der Waals surface area contributed by atoms with Gasteiger partial charge in [0, 0.05) is 17.6 Å². The quantitative estimate of drug-likeness (QED) is 0.814. The number of hydrogen-bond acceptors (Lipinski definition) is 3. The van der Waals surface area contributed by atoms with Gasteiger partial charge in [-0.1, -0.05) is 0 Å². The van der Waals surface area contributed by atoms with Gasteiger partial charge in [-0.25, -0.2) is 4.98 Å². The number of H-pyrrole nitrogens is 1. The molecule has 2 N–H and O–H groups in total. The van der Waals surface area contributed by atoms with E-state index in [-0.39, 0.29) is 5.91 Å². The number of halogens is 1. The summed E-state index contributed by atoms with van der Waals surface area (Å²) in [6.45, 7) is 1.44. The van der Waals surface area contributed by atoms with E-state index in [2.05, 4.69) is 36.4 Å². The fraction of sp³-hybridized carbons (Fsp3) is 0.125. The number of fused-ring (bicyclic) bond motifs is 1. The van der Waals surface area contributed by atoms with Gasteiger partial charge in [-0.2, -0.15) is 5.10 Å². The number of aromatic nitrogens is 3. The molecule has 1 amide bonds. The van der Waals surface area contributed by atoms with Crippen molar-refractivity contribution in [3.63, 3.8) is 0 Å².